The lowest BCUT2D eigenvalue weighted by Crippen LogP contribution is -2.04. The molecule has 2 aromatic carbocycles. The van der Waals surface area contributed by atoms with Gasteiger partial charge in [-0.25, -0.2) is 0 Å². The van der Waals surface area contributed by atoms with Crippen LogP contribution >= 0.6 is 0 Å². The van der Waals surface area contributed by atoms with Gasteiger partial charge in [-0.3, -0.25) is 0 Å². The van der Waals surface area contributed by atoms with E-state index in [1.54, 1.807) is 0 Å². The Morgan fingerprint density at radius 3 is 2.14 bits per heavy atom. The van der Waals surface area contributed by atoms with Crippen LogP contribution in [0.5, 0.6) is 0 Å². The molecule has 0 aliphatic heterocycles. The largest absolute Gasteiger partial charge is 0.0837 e. The number of hydrogen-bond donors (Lipinski definition) is 0. The van der Waals surface area contributed by atoms with Gasteiger partial charge < -0.3 is 0 Å². The normalized spacial score (nSPS) is 16.4. The van der Waals surface area contributed by atoms with Crippen molar-refractivity contribution in [3.05, 3.63) is 66.2 Å². The highest BCUT2D eigenvalue weighted by molar-refractivity contribution is 5.65. The summed E-state index contributed by atoms with van der Waals surface area (Å²) >= 11 is 0. The molecule has 1 saturated carbocycles. The van der Waals surface area contributed by atoms with Gasteiger partial charge in [0, 0.05) is 0 Å². The van der Waals surface area contributed by atoms with Crippen molar-refractivity contribution in [2.24, 2.45) is 5.92 Å². The lowest BCUT2D eigenvalue weighted by Gasteiger charge is -2.19. The van der Waals surface area contributed by atoms with Gasteiger partial charge in [0.25, 0.3) is 0 Å². The van der Waals surface area contributed by atoms with Crippen LogP contribution in [-0.2, 0) is 0 Å². The van der Waals surface area contributed by atoms with Crippen LogP contribution in [-0.4, -0.2) is 0 Å². The maximum absolute atomic E-state index is 2.37. The third-order valence-corrected chi connectivity index (χ3v) is 4.52. The lowest BCUT2D eigenvalue weighted by molar-refractivity contribution is 0.362. The van der Waals surface area contributed by atoms with E-state index < -0.39 is 0 Å². The van der Waals surface area contributed by atoms with Crippen LogP contribution in [0.25, 0.3) is 17.2 Å². The third kappa shape index (κ3) is 4.07. The van der Waals surface area contributed by atoms with Crippen molar-refractivity contribution in [1.29, 1.82) is 0 Å². The minimum atomic E-state index is 0.929. The standard InChI is InChI=1S/C21H24/c1-3-8-18(9-4-1)10-7-11-19-14-16-21(17-15-19)20-12-5-2-6-13-20/h2,5-7,11-18H,1,3-4,8-10H2. The van der Waals surface area contributed by atoms with Crippen LogP contribution < -0.4 is 0 Å². The number of allylic oxidation sites excluding steroid dienone is 1. The lowest BCUT2D eigenvalue weighted by atomic mass is 9.87. The quantitative estimate of drug-likeness (QED) is 0.611. The Labute approximate surface area is 128 Å². The smallest absolute Gasteiger partial charge is 0.0184 e. The molecular formula is C21H24. The highest BCUT2D eigenvalue weighted by Crippen LogP contribution is 2.27. The van der Waals surface area contributed by atoms with E-state index >= 15 is 0 Å². The molecule has 1 fully saturated rings. The van der Waals surface area contributed by atoms with E-state index in [0.717, 1.165) is 5.92 Å². The fraction of sp³-hybridized carbons (Fsp3) is 0.333. The van der Waals surface area contributed by atoms with E-state index in [9.17, 15) is 0 Å². The van der Waals surface area contributed by atoms with Crippen LogP contribution in [0.4, 0.5) is 0 Å². The summed E-state index contributed by atoms with van der Waals surface area (Å²) in [6.45, 7) is 0. The highest BCUT2D eigenvalue weighted by atomic mass is 14.2. The molecule has 3 rings (SSSR count). The first kappa shape index (κ1) is 14.1. The van der Waals surface area contributed by atoms with Gasteiger partial charge in [0.1, 0.15) is 0 Å². The molecule has 0 bridgehead atoms. The topological polar surface area (TPSA) is 0 Å². The molecule has 0 heteroatoms. The average molecular weight is 276 g/mol. The number of hydrogen-bond acceptors (Lipinski definition) is 0. The molecule has 2 aromatic rings. The fourth-order valence-corrected chi connectivity index (χ4v) is 3.24. The molecule has 21 heavy (non-hydrogen) atoms. The second-order valence-electron chi connectivity index (χ2n) is 6.13. The van der Waals surface area contributed by atoms with Crippen molar-refractivity contribution in [2.75, 3.05) is 0 Å². The Bertz CT molecular complexity index is 557. The molecule has 0 atom stereocenters. The number of rotatable bonds is 4. The van der Waals surface area contributed by atoms with Crippen LogP contribution in [0.3, 0.4) is 0 Å². The second kappa shape index (κ2) is 7.26. The predicted octanol–water partition coefficient (Wildman–Crippen LogP) is 6.34. The zero-order valence-corrected chi connectivity index (χ0v) is 12.7. The zero-order valence-electron chi connectivity index (χ0n) is 12.7. The summed E-state index contributed by atoms with van der Waals surface area (Å²) in [7, 11) is 0. The van der Waals surface area contributed by atoms with E-state index in [1.165, 1.54) is 55.2 Å². The summed E-state index contributed by atoms with van der Waals surface area (Å²) in [5.41, 5.74) is 3.89. The Hall–Kier alpha value is -1.82. The molecule has 1 aliphatic rings. The van der Waals surface area contributed by atoms with Crippen LogP contribution in [0.15, 0.2) is 60.7 Å². The molecule has 0 radical (unpaired) electrons. The first-order valence-corrected chi connectivity index (χ1v) is 8.24. The van der Waals surface area contributed by atoms with Gasteiger partial charge in [-0.05, 0) is 29.0 Å². The first-order chi connectivity index (χ1) is 10.4. The van der Waals surface area contributed by atoms with E-state index in [1.807, 2.05) is 0 Å². The van der Waals surface area contributed by atoms with E-state index in [4.69, 9.17) is 0 Å². The van der Waals surface area contributed by atoms with Crippen molar-refractivity contribution >= 4 is 6.08 Å². The van der Waals surface area contributed by atoms with Crippen LogP contribution in [0.2, 0.25) is 0 Å². The van der Waals surface area contributed by atoms with E-state index in [0.29, 0.717) is 0 Å². The molecule has 1 aliphatic carbocycles. The SMILES string of the molecule is C(=Cc1ccc(-c2ccccc2)cc1)CC1CCCCC1. The molecular weight excluding hydrogens is 252 g/mol. The minimum Gasteiger partial charge on any atom is -0.0837 e. The summed E-state index contributed by atoms with van der Waals surface area (Å²) in [6, 6.07) is 19.4. The molecule has 0 saturated heterocycles. The van der Waals surface area contributed by atoms with Crippen molar-refractivity contribution in [2.45, 2.75) is 38.5 Å². The van der Waals surface area contributed by atoms with Gasteiger partial charge in [-0.1, -0.05) is 98.9 Å². The Morgan fingerprint density at radius 1 is 0.762 bits per heavy atom. The first-order valence-electron chi connectivity index (χ1n) is 8.24. The van der Waals surface area contributed by atoms with Crippen molar-refractivity contribution in [3.8, 4) is 11.1 Å². The highest BCUT2D eigenvalue weighted by Gasteiger charge is 2.11. The van der Waals surface area contributed by atoms with Gasteiger partial charge in [0.15, 0.2) is 0 Å². The molecule has 0 unspecified atom stereocenters. The van der Waals surface area contributed by atoms with Gasteiger partial charge in [0.2, 0.25) is 0 Å². The molecule has 0 nitrogen and oxygen atoms in total. The van der Waals surface area contributed by atoms with Crippen LogP contribution in [0, 0.1) is 5.92 Å². The van der Waals surface area contributed by atoms with Crippen molar-refractivity contribution in [1.82, 2.24) is 0 Å². The van der Waals surface area contributed by atoms with Gasteiger partial charge in [0.05, 0.1) is 0 Å². The summed E-state index contributed by atoms with van der Waals surface area (Å²) in [4.78, 5) is 0. The molecule has 0 spiro atoms. The van der Waals surface area contributed by atoms with Gasteiger partial charge in [-0.15, -0.1) is 0 Å². The average Bonchev–Trinajstić information content (AvgIpc) is 2.57. The van der Waals surface area contributed by atoms with Gasteiger partial charge in [-0.2, -0.15) is 0 Å². The molecule has 108 valence electrons. The predicted molar refractivity (Wildman–Crippen MR) is 92.1 cm³/mol. The summed E-state index contributed by atoms with van der Waals surface area (Å²) < 4.78 is 0. The van der Waals surface area contributed by atoms with E-state index in [-0.39, 0.29) is 0 Å². The van der Waals surface area contributed by atoms with E-state index in [2.05, 4.69) is 66.7 Å². The van der Waals surface area contributed by atoms with Crippen molar-refractivity contribution < 1.29 is 0 Å². The zero-order chi connectivity index (χ0) is 14.3. The minimum absolute atomic E-state index is 0.929. The molecule has 0 heterocycles. The maximum Gasteiger partial charge on any atom is -0.0184 e. The second-order valence-corrected chi connectivity index (χ2v) is 6.13. The molecule has 0 amide bonds. The maximum atomic E-state index is 2.37. The summed E-state index contributed by atoms with van der Waals surface area (Å²) in [5.74, 6) is 0.929. The number of benzene rings is 2. The Morgan fingerprint density at radius 2 is 1.43 bits per heavy atom. The Balaban J connectivity index is 1.59. The monoisotopic (exact) mass is 276 g/mol. The summed E-state index contributed by atoms with van der Waals surface area (Å²) in [5, 5.41) is 0. The Kier molecular flexibility index (Phi) is 4.89. The summed E-state index contributed by atoms with van der Waals surface area (Å²) in [6.07, 6.45) is 13.1. The molecule has 0 aromatic heterocycles. The fourth-order valence-electron chi connectivity index (χ4n) is 3.24. The van der Waals surface area contributed by atoms with Crippen molar-refractivity contribution in [3.63, 3.8) is 0 Å². The van der Waals surface area contributed by atoms with Crippen LogP contribution in [0.1, 0.15) is 44.1 Å². The molecule has 0 N–H and O–H groups in total. The third-order valence-electron chi connectivity index (χ3n) is 4.52. The van der Waals surface area contributed by atoms with Gasteiger partial charge >= 0.3 is 0 Å².